The van der Waals surface area contributed by atoms with Gasteiger partial charge in [-0.15, -0.1) is 0 Å². The van der Waals surface area contributed by atoms with Crippen LogP contribution in [0.25, 0.3) is 0 Å². The second-order valence-corrected chi connectivity index (χ2v) is 7.58. The van der Waals surface area contributed by atoms with Gasteiger partial charge in [0.2, 0.25) is 6.19 Å². The van der Waals surface area contributed by atoms with E-state index in [1.165, 1.54) is 29.6 Å². The first-order chi connectivity index (χ1) is 11.7. The van der Waals surface area contributed by atoms with Crippen molar-refractivity contribution in [3.05, 3.63) is 81.7 Å². The number of hydrogen-bond acceptors (Lipinski definition) is 5. The molecule has 0 amide bonds. The lowest BCUT2D eigenvalue weighted by atomic mass is 10.1. The van der Waals surface area contributed by atoms with Crippen LogP contribution in [-0.2, 0) is 5.75 Å². The summed E-state index contributed by atoms with van der Waals surface area (Å²) in [6.45, 7) is 0. The molecular formula is C18H13BrN2OS2. The minimum Gasteiger partial charge on any atom is -0.289 e. The molecule has 0 N–H and O–H groups in total. The zero-order chi connectivity index (χ0) is 17.2. The zero-order valence-electron chi connectivity index (χ0n) is 12.6. The number of halogens is 1. The maximum Gasteiger partial charge on any atom is 0.207 e. The van der Waals surface area contributed by atoms with E-state index in [1.807, 2.05) is 42.5 Å². The Labute approximate surface area is 158 Å². The lowest BCUT2D eigenvalue weighted by Gasteiger charge is -2.01. The van der Waals surface area contributed by atoms with Crippen LogP contribution in [0.2, 0.25) is 0 Å². The minimum absolute atomic E-state index is 0.0897. The molecule has 2 aromatic rings. The Morgan fingerprint density at radius 1 is 1.21 bits per heavy atom. The fourth-order valence-corrected chi connectivity index (χ4v) is 3.75. The summed E-state index contributed by atoms with van der Waals surface area (Å²) in [6, 6.07) is 17.2. The van der Waals surface area contributed by atoms with E-state index in [1.54, 1.807) is 23.7 Å². The zero-order valence-corrected chi connectivity index (χ0v) is 15.8. The second-order valence-electron chi connectivity index (χ2n) is 4.55. The molecule has 0 heterocycles. The molecule has 3 nitrogen and oxygen atoms in total. The number of hydrogen-bond donors (Lipinski definition) is 0. The Bertz CT molecular complexity index is 798. The average molecular weight is 417 g/mol. The molecule has 0 radical (unpaired) electrons. The molecule has 0 unspecified atom stereocenters. The highest BCUT2D eigenvalue weighted by Crippen LogP contribution is 2.23. The van der Waals surface area contributed by atoms with Crippen LogP contribution >= 0.6 is 39.5 Å². The number of aliphatic imine (C=N–C) groups is 1. The molecule has 0 aliphatic heterocycles. The second kappa shape index (κ2) is 10.1. The first-order valence-corrected chi connectivity index (χ1v) is 9.61. The van der Waals surface area contributed by atoms with Crippen molar-refractivity contribution in [2.75, 3.05) is 0 Å². The average Bonchev–Trinajstić information content (AvgIpc) is 2.60. The van der Waals surface area contributed by atoms with E-state index in [4.69, 9.17) is 5.26 Å². The number of allylic oxidation sites excluding steroid dienone is 1. The number of carbonyl (C=O) groups excluding carboxylic acids is 1. The van der Waals surface area contributed by atoms with E-state index in [9.17, 15) is 4.79 Å². The molecule has 0 spiro atoms. The van der Waals surface area contributed by atoms with Crippen molar-refractivity contribution in [2.45, 2.75) is 5.75 Å². The molecular weight excluding hydrogens is 404 g/mol. The van der Waals surface area contributed by atoms with Crippen molar-refractivity contribution >= 4 is 49.6 Å². The predicted molar refractivity (Wildman–Crippen MR) is 106 cm³/mol. The summed E-state index contributed by atoms with van der Waals surface area (Å²) in [4.78, 5) is 15.9. The van der Waals surface area contributed by atoms with Crippen LogP contribution in [0.3, 0.4) is 0 Å². The van der Waals surface area contributed by atoms with E-state index in [-0.39, 0.29) is 5.78 Å². The van der Waals surface area contributed by atoms with Crippen molar-refractivity contribution in [2.24, 2.45) is 4.99 Å². The van der Waals surface area contributed by atoms with E-state index in [0.29, 0.717) is 9.94 Å². The standard InChI is InChI=1S/C18H13BrN2OS2/c19-16-8-4-7-15(11-16)17(22)9-10-23-18(21-13-20)24-12-14-5-2-1-3-6-14/h1-11H,12H2. The van der Waals surface area contributed by atoms with Crippen LogP contribution < -0.4 is 0 Å². The van der Waals surface area contributed by atoms with E-state index in [0.717, 1.165) is 15.8 Å². The van der Waals surface area contributed by atoms with Gasteiger partial charge in [0.05, 0.1) is 0 Å². The molecule has 120 valence electrons. The first-order valence-electron chi connectivity index (χ1n) is 6.95. The number of nitriles is 1. The van der Waals surface area contributed by atoms with E-state index < -0.39 is 0 Å². The predicted octanol–water partition coefficient (Wildman–Crippen LogP) is 5.65. The lowest BCUT2D eigenvalue weighted by molar-refractivity contribution is 0.104. The topological polar surface area (TPSA) is 53.2 Å². The largest absolute Gasteiger partial charge is 0.289 e. The maximum atomic E-state index is 12.1. The molecule has 0 saturated heterocycles. The van der Waals surface area contributed by atoms with Gasteiger partial charge in [-0.1, -0.05) is 81.9 Å². The third-order valence-corrected chi connectivity index (χ3v) is 5.36. The van der Waals surface area contributed by atoms with Gasteiger partial charge in [-0.25, -0.2) is 0 Å². The Morgan fingerprint density at radius 3 is 2.71 bits per heavy atom. The number of benzene rings is 2. The Balaban J connectivity index is 1.92. The summed E-state index contributed by atoms with van der Waals surface area (Å²) < 4.78 is 1.47. The molecule has 6 heteroatoms. The van der Waals surface area contributed by atoms with Crippen LogP contribution in [-0.4, -0.2) is 10.2 Å². The van der Waals surface area contributed by atoms with Crippen molar-refractivity contribution in [1.82, 2.24) is 0 Å². The van der Waals surface area contributed by atoms with Crippen LogP contribution in [0.5, 0.6) is 0 Å². The molecule has 0 bridgehead atoms. The highest BCUT2D eigenvalue weighted by molar-refractivity contribution is 9.10. The number of thioether (sulfide) groups is 2. The number of ketones is 1. The summed E-state index contributed by atoms with van der Waals surface area (Å²) >= 11 is 6.08. The van der Waals surface area contributed by atoms with E-state index in [2.05, 4.69) is 20.9 Å². The highest BCUT2D eigenvalue weighted by atomic mass is 79.9. The normalized spacial score (nSPS) is 11.4. The van der Waals surface area contributed by atoms with Crippen molar-refractivity contribution in [1.29, 1.82) is 5.26 Å². The van der Waals surface area contributed by atoms with Crippen molar-refractivity contribution < 1.29 is 4.79 Å². The molecule has 24 heavy (non-hydrogen) atoms. The third kappa shape index (κ3) is 6.36. The number of nitrogens with zero attached hydrogens (tertiary/aromatic N) is 2. The maximum absolute atomic E-state index is 12.1. The first kappa shape index (κ1) is 18.5. The quantitative estimate of drug-likeness (QED) is 0.207. The summed E-state index contributed by atoms with van der Waals surface area (Å²) in [5, 5.41) is 10.5. The molecule has 0 saturated carbocycles. The van der Waals surface area contributed by atoms with Crippen molar-refractivity contribution in [3.8, 4) is 6.19 Å². The molecule has 0 aliphatic rings. The van der Waals surface area contributed by atoms with Crippen molar-refractivity contribution in [3.63, 3.8) is 0 Å². The fraction of sp³-hybridized carbons (Fsp3) is 0.0556. The number of rotatable bonds is 5. The van der Waals surface area contributed by atoms with Gasteiger partial charge in [0, 0.05) is 15.8 Å². The number of carbonyl (C=O) groups is 1. The van der Waals surface area contributed by atoms with Gasteiger partial charge >= 0.3 is 0 Å². The van der Waals surface area contributed by atoms with Gasteiger partial charge in [-0.05, 0) is 29.2 Å². The monoisotopic (exact) mass is 416 g/mol. The summed E-state index contributed by atoms with van der Waals surface area (Å²) in [5.41, 5.74) is 1.76. The smallest absolute Gasteiger partial charge is 0.207 e. The van der Waals surface area contributed by atoms with Crippen LogP contribution in [0, 0.1) is 11.5 Å². The minimum atomic E-state index is -0.0897. The summed E-state index contributed by atoms with van der Waals surface area (Å²) in [7, 11) is 0. The highest BCUT2D eigenvalue weighted by Gasteiger charge is 2.04. The fourth-order valence-electron chi connectivity index (χ4n) is 1.74. The van der Waals surface area contributed by atoms with Gasteiger partial charge in [0.15, 0.2) is 5.78 Å². The third-order valence-electron chi connectivity index (χ3n) is 2.84. The Kier molecular flexibility index (Phi) is 7.83. The molecule has 2 aromatic carbocycles. The van der Waals surface area contributed by atoms with Gasteiger partial charge in [0.25, 0.3) is 0 Å². The lowest BCUT2D eigenvalue weighted by Crippen LogP contribution is -1.93. The van der Waals surface area contributed by atoms with Gasteiger partial charge in [0.1, 0.15) is 4.38 Å². The van der Waals surface area contributed by atoms with Gasteiger partial charge < -0.3 is 0 Å². The molecule has 0 aromatic heterocycles. The van der Waals surface area contributed by atoms with Gasteiger partial charge in [-0.2, -0.15) is 10.3 Å². The van der Waals surface area contributed by atoms with Crippen LogP contribution in [0.4, 0.5) is 0 Å². The van der Waals surface area contributed by atoms with Gasteiger partial charge in [-0.3, -0.25) is 4.79 Å². The van der Waals surface area contributed by atoms with E-state index >= 15 is 0 Å². The molecule has 0 fully saturated rings. The van der Waals surface area contributed by atoms with Crippen LogP contribution in [0.1, 0.15) is 15.9 Å². The molecule has 0 aliphatic carbocycles. The molecule has 2 rings (SSSR count). The summed E-state index contributed by atoms with van der Waals surface area (Å²) in [6.07, 6.45) is 3.29. The van der Waals surface area contributed by atoms with Crippen LogP contribution in [0.15, 0.2) is 75.5 Å². The molecule has 0 atom stereocenters. The Morgan fingerprint density at radius 2 is 2.00 bits per heavy atom. The summed E-state index contributed by atoms with van der Waals surface area (Å²) in [5.74, 6) is 0.634. The SMILES string of the molecule is N#CN=C(SC=CC(=O)c1cccc(Br)c1)SCc1ccccc1. The Hall–Kier alpha value is -1.81.